The molecule has 0 radical (unpaired) electrons. The number of morpholine rings is 1. The van der Waals surface area contributed by atoms with Gasteiger partial charge >= 0.3 is 0 Å². The van der Waals surface area contributed by atoms with Gasteiger partial charge in [-0.05, 0) is 42.5 Å². The van der Waals surface area contributed by atoms with Crippen molar-refractivity contribution in [2.45, 2.75) is 0 Å². The summed E-state index contributed by atoms with van der Waals surface area (Å²) in [5.74, 6) is 0.482. The van der Waals surface area contributed by atoms with Gasteiger partial charge in [-0.1, -0.05) is 18.7 Å². The van der Waals surface area contributed by atoms with Crippen molar-refractivity contribution < 1.29 is 19.1 Å². The zero-order valence-electron chi connectivity index (χ0n) is 16.2. The molecule has 2 aromatic carbocycles. The number of hydrogen-bond acceptors (Lipinski definition) is 5. The SMILES string of the molecule is C=CCOc1ccc(NCC(=O)Nc2cccc(C(=O)N3CCOCC3)c2)cc1. The maximum atomic E-state index is 12.6. The summed E-state index contributed by atoms with van der Waals surface area (Å²) in [5.41, 5.74) is 1.94. The molecule has 1 fully saturated rings. The monoisotopic (exact) mass is 395 g/mol. The number of nitrogens with zero attached hydrogens (tertiary/aromatic N) is 1. The van der Waals surface area contributed by atoms with Gasteiger partial charge in [0, 0.05) is 30.0 Å². The average Bonchev–Trinajstić information content (AvgIpc) is 2.77. The van der Waals surface area contributed by atoms with Crippen molar-refractivity contribution in [2.24, 2.45) is 0 Å². The van der Waals surface area contributed by atoms with Crippen LogP contribution in [0.25, 0.3) is 0 Å². The largest absolute Gasteiger partial charge is 0.490 e. The molecule has 3 rings (SSSR count). The third-order valence-corrected chi connectivity index (χ3v) is 4.37. The number of anilines is 2. The molecule has 0 spiro atoms. The van der Waals surface area contributed by atoms with Crippen molar-refractivity contribution in [1.29, 1.82) is 0 Å². The summed E-state index contributed by atoms with van der Waals surface area (Å²) in [4.78, 5) is 26.6. The third kappa shape index (κ3) is 6.08. The van der Waals surface area contributed by atoms with Gasteiger partial charge in [0.1, 0.15) is 12.4 Å². The normalized spacial score (nSPS) is 13.4. The highest BCUT2D eigenvalue weighted by molar-refractivity contribution is 5.98. The molecule has 2 N–H and O–H groups in total. The third-order valence-electron chi connectivity index (χ3n) is 4.37. The molecule has 152 valence electrons. The number of nitrogens with one attached hydrogen (secondary N) is 2. The Morgan fingerprint density at radius 3 is 2.59 bits per heavy atom. The van der Waals surface area contributed by atoms with Gasteiger partial charge in [0.05, 0.1) is 19.8 Å². The lowest BCUT2D eigenvalue weighted by molar-refractivity contribution is -0.114. The van der Waals surface area contributed by atoms with E-state index in [2.05, 4.69) is 17.2 Å². The van der Waals surface area contributed by atoms with E-state index in [1.807, 2.05) is 24.3 Å². The van der Waals surface area contributed by atoms with Gasteiger partial charge in [0.25, 0.3) is 5.91 Å². The first kappa shape index (κ1) is 20.4. The molecule has 2 amide bonds. The van der Waals surface area contributed by atoms with Crippen LogP contribution in [-0.2, 0) is 9.53 Å². The highest BCUT2D eigenvalue weighted by Gasteiger charge is 2.18. The van der Waals surface area contributed by atoms with Crippen LogP contribution in [0.1, 0.15) is 10.4 Å². The van der Waals surface area contributed by atoms with Gasteiger partial charge in [-0.2, -0.15) is 0 Å². The fourth-order valence-electron chi connectivity index (χ4n) is 2.89. The smallest absolute Gasteiger partial charge is 0.254 e. The number of hydrogen-bond donors (Lipinski definition) is 2. The topological polar surface area (TPSA) is 79.9 Å². The fourth-order valence-corrected chi connectivity index (χ4v) is 2.89. The Labute approximate surface area is 170 Å². The molecule has 0 aliphatic carbocycles. The lowest BCUT2D eigenvalue weighted by Crippen LogP contribution is -2.40. The van der Waals surface area contributed by atoms with Gasteiger partial charge in [0.15, 0.2) is 0 Å². The first-order chi connectivity index (χ1) is 14.2. The van der Waals surface area contributed by atoms with Crippen molar-refractivity contribution in [2.75, 3.05) is 50.1 Å². The number of carbonyl (C=O) groups excluding carboxylic acids is 2. The summed E-state index contributed by atoms with van der Waals surface area (Å²) >= 11 is 0. The minimum Gasteiger partial charge on any atom is -0.490 e. The van der Waals surface area contributed by atoms with Gasteiger partial charge in [0.2, 0.25) is 5.91 Å². The first-order valence-corrected chi connectivity index (χ1v) is 9.50. The molecule has 0 bridgehead atoms. The zero-order valence-corrected chi connectivity index (χ0v) is 16.2. The maximum Gasteiger partial charge on any atom is 0.254 e. The van der Waals surface area contributed by atoms with E-state index < -0.39 is 0 Å². The van der Waals surface area contributed by atoms with E-state index in [-0.39, 0.29) is 18.4 Å². The van der Waals surface area contributed by atoms with E-state index in [4.69, 9.17) is 9.47 Å². The minimum atomic E-state index is -0.201. The fraction of sp³-hybridized carbons (Fsp3) is 0.273. The van der Waals surface area contributed by atoms with Crippen LogP contribution in [0.3, 0.4) is 0 Å². The molecular weight excluding hydrogens is 370 g/mol. The molecule has 2 aromatic rings. The Hall–Kier alpha value is -3.32. The van der Waals surface area contributed by atoms with Crippen LogP contribution in [0.5, 0.6) is 5.75 Å². The predicted octanol–water partition coefficient (Wildman–Crippen LogP) is 2.77. The Morgan fingerprint density at radius 1 is 1.10 bits per heavy atom. The molecule has 0 aromatic heterocycles. The van der Waals surface area contributed by atoms with Crippen LogP contribution < -0.4 is 15.4 Å². The summed E-state index contributed by atoms with van der Waals surface area (Å²) in [6.07, 6.45) is 1.68. The second-order valence-corrected chi connectivity index (χ2v) is 6.51. The van der Waals surface area contributed by atoms with E-state index in [0.29, 0.717) is 44.2 Å². The maximum absolute atomic E-state index is 12.6. The molecule has 1 heterocycles. The van der Waals surface area contributed by atoms with E-state index in [1.54, 1.807) is 35.2 Å². The lowest BCUT2D eigenvalue weighted by Gasteiger charge is -2.27. The van der Waals surface area contributed by atoms with Crippen LogP contribution in [-0.4, -0.2) is 56.2 Å². The number of benzene rings is 2. The standard InChI is InChI=1S/C22H25N3O4/c1-2-12-29-20-8-6-18(7-9-20)23-16-21(26)24-19-5-3-4-17(15-19)22(27)25-10-13-28-14-11-25/h2-9,15,23H,1,10-14,16H2,(H,24,26). The minimum absolute atomic E-state index is 0.0544. The second-order valence-electron chi connectivity index (χ2n) is 6.51. The van der Waals surface area contributed by atoms with E-state index >= 15 is 0 Å². The quantitative estimate of drug-likeness (QED) is 0.672. The number of carbonyl (C=O) groups is 2. The Kier molecular flexibility index (Phi) is 7.24. The molecule has 0 unspecified atom stereocenters. The van der Waals surface area contributed by atoms with Crippen LogP contribution in [0.15, 0.2) is 61.2 Å². The summed E-state index contributed by atoms with van der Waals surface area (Å²) in [5, 5.41) is 5.88. The number of ether oxygens (including phenoxy) is 2. The van der Waals surface area contributed by atoms with E-state index in [1.165, 1.54) is 0 Å². The van der Waals surface area contributed by atoms with Crippen LogP contribution in [0.4, 0.5) is 11.4 Å². The first-order valence-electron chi connectivity index (χ1n) is 9.50. The Morgan fingerprint density at radius 2 is 1.86 bits per heavy atom. The van der Waals surface area contributed by atoms with Crippen molar-refractivity contribution in [3.8, 4) is 5.75 Å². The van der Waals surface area contributed by atoms with Gasteiger partial charge in [-0.25, -0.2) is 0 Å². The lowest BCUT2D eigenvalue weighted by atomic mass is 10.1. The number of amides is 2. The molecule has 0 saturated carbocycles. The van der Waals surface area contributed by atoms with E-state index in [9.17, 15) is 9.59 Å². The molecule has 29 heavy (non-hydrogen) atoms. The van der Waals surface area contributed by atoms with Crippen LogP contribution in [0.2, 0.25) is 0 Å². The van der Waals surface area contributed by atoms with Crippen molar-refractivity contribution >= 4 is 23.2 Å². The number of rotatable bonds is 8. The molecule has 1 aliphatic heterocycles. The molecule has 1 saturated heterocycles. The summed E-state index contributed by atoms with van der Waals surface area (Å²) in [6, 6.07) is 14.3. The molecule has 7 nitrogen and oxygen atoms in total. The second kappa shape index (κ2) is 10.3. The molecular formula is C22H25N3O4. The Balaban J connectivity index is 1.51. The summed E-state index contributed by atoms with van der Waals surface area (Å²) < 4.78 is 10.7. The van der Waals surface area contributed by atoms with Crippen molar-refractivity contribution in [1.82, 2.24) is 4.90 Å². The van der Waals surface area contributed by atoms with Crippen LogP contribution >= 0.6 is 0 Å². The van der Waals surface area contributed by atoms with Crippen molar-refractivity contribution in [3.63, 3.8) is 0 Å². The highest BCUT2D eigenvalue weighted by Crippen LogP contribution is 2.16. The van der Waals surface area contributed by atoms with Gasteiger partial charge in [-0.15, -0.1) is 0 Å². The Bertz CT molecular complexity index is 845. The zero-order chi connectivity index (χ0) is 20.5. The van der Waals surface area contributed by atoms with Gasteiger partial charge < -0.3 is 25.0 Å². The van der Waals surface area contributed by atoms with Crippen molar-refractivity contribution in [3.05, 3.63) is 66.7 Å². The van der Waals surface area contributed by atoms with Crippen LogP contribution in [0, 0.1) is 0 Å². The summed E-state index contributed by atoms with van der Waals surface area (Å²) in [7, 11) is 0. The summed E-state index contributed by atoms with van der Waals surface area (Å²) in [6.45, 7) is 6.42. The van der Waals surface area contributed by atoms with E-state index in [0.717, 1.165) is 11.4 Å². The highest BCUT2D eigenvalue weighted by atomic mass is 16.5. The molecule has 1 aliphatic rings. The predicted molar refractivity (Wildman–Crippen MR) is 112 cm³/mol. The molecule has 0 atom stereocenters. The molecule has 7 heteroatoms. The average molecular weight is 395 g/mol. The van der Waals surface area contributed by atoms with Gasteiger partial charge in [-0.3, -0.25) is 9.59 Å².